The van der Waals surface area contributed by atoms with Gasteiger partial charge in [0.2, 0.25) is 5.91 Å². The molecule has 3 heterocycles. The number of aromatic nitrogens is 1. The maximum atomic E-state index is 15.2. The highest BCUT2D eigenvalue weighted by molar-refractivity contribution is 6.13. The van der Waals surface area contributed by atoms with E-state index in [2.05, 4.69) is 0 Å². The summed E-state index contributed by atoms with van der Waals surface area (Å²) in [5.74, 6) is -9.07. The van der Waals surface area contributed by atoms with Crippen molar-refractivity contribution < 1.29 is 46.2 Å². The number of nitrogens with two attached hydrogens (primary N) is 2. The number of fused-ring (bicyclic) bond motifs is 1. The molecule has 0 spiro atoms. The van der Waals surface area contributed by atoms with E-state index in [4.69, 9.17) is 16.2 Å². The van der Waals surface area contributed by atoms with Gasteiger partial charge in [0.25, 0.3) is 5.91 Å². The summed E-state index contributed by atoms with van der Waals surface area (Å²) in [5.41, 5.74) is 6.86. The average molecular weight is 667 g/mol. The van der Waals surface area contributed by atoms with Crippen LogP contribution >= 0.6 is 0 Å². The summed E-state index contributed by atoms with van der Waals surface area (Å²) in [6.07, 6.45) is -4.39. The largest absolute Gasteiger partial charge is 0.494 e. The summed E-state index contributed by atoms with van der Waals surface area (Å²) in [4.78, 5) is 43.8. The van der Waals surface area contributed by atoms with E-state index in [9.17, 15) is 32.7 Å². The number of anilines is 1. The van der Waals surface area contributed by atoms with Crippen LogP contribution in [-0.4, -0.2) is 101 Å². The smallest absolute Gasteiger partial charge is 0.458 e. The van der Waals surface area contributed by atoms with Crippen molar-refractivity contribution in [3.8, 4) is 16.9 Å². The fourth-order valence-corrected chi connectivity index (χ4v) is 6.79. The van der Waals surface area contributed by atoms with E-state index in [1.54, 1.807) is 6.07 Å². The highest BCUT2D eigenvalue weighted by atomic mass is 19.4. The number of carbonyl (C=O) groups excluding carboxylic acids is 2. The van der Waals surface area contributed by atoms with Gasteiger partial charge in [-0.25, -0.2) is 4.79 Å². The second-order valence-corrected chi connectivity index (χ2v) is 11.9. The average Bonchev–Trinajstić information content (AvgIpc) is 3.56. The number of benzene rings is 2. The maximum Gasteiger partial charge on any atom is 0.458 e. The number of likely N-dealkylation sites (tertiary alicyclic amines) is 1. The molecule has 11 nitrogen and oxygen atoms in total. The van der Waals surface area contributed by atoms with E-state index < -0.39 is 63.4 Å². The lowest BCUT2D eigenvalue weighted by Gasteiger charge is -2.37. The van der Waals surface area contributed by atoms with Crippen LogP contribution in [0.15, 0.2) is 24.3 Å². The number of aromatic carboxylic acids is 1. The number of hydrogen-bond acceptors (Lipinski definition) is 7. The van der Waals surface area contributed by atoms with E-state index in [0.29, 0.717) is 31.7 Å². The molecule has 2 fully saturated rings. The number of carboxylic acids is 1. The third-order valence-corrected chi connectivity index (χ3v) is 9.11. The summed E-state index contributed by atoms with van der Waals surface area (Å²) in [5, 5.41) is 10.3. The summed E-state index contributed by atoms with van der Waals surface area (Å²) in [7, 11) is 4.30. The lowest BCUT2D eigenvalue weighted by atomic mass is 9.88. The number of rotatable bonds is 8. The number of carbonyl (C=O) groups is 3. The number of piperazine rings is 1. The number of carboxylic acid groups (broad SMARTS) is 1. The number of aryl methyl sites for hydroxylation is 1. The first-order valence-electron chi connectivity index (χ1n) is 14.8. The van der Waals surface area contributed by atoms with Crippen molar-refractivity contribution in [2.24, 2.45) is 12.8 Å². The minimum Gasteiger partial charge on any atom is -0.494 e. The molecule has 0 radical (unpaired) electrons. The van der Waals surface area contributed by atoms with Crippen molar-refractivity contribution in [2.75, 3.05) is 52.6 Å². The van der Waals surface area contributed by atoms with Gasteiger partial charge in [-0.1, -0.05) is 18.2 Å². The first-order chi connectivity index (χ1) is 22.0. The highest BCUT2D eigenvalue weighted by Crippen LogP contribution is 2.53. The van der Waals surface area contributed by atoms with Gasteiger partial charge in [0.1, 0.15) is 5.69 Å². The van der Waals surface area contributed by atoms with Crippen LogP contribution in [0, 0.1) is 0 Å². The summed E-state index contributed by atoms with van der Waals surface area (Å²) in [6.45, 7) is 3.07. The zero-order valence-electron chi connectivity index (χ0n) is 26.0. The molecule has 5 rings (SSSR count). The fraction of sp³-hybridized carbons (Fsp3) is 0.452. The Kier molecular flexibility index (Phi) is 8.87. The maximum absolute atomic E-state index is 15.2. The number of nitrogen functional groups attached to an aromatic ring is 1. The summed E-state index contributed by atoms with van der Waals surface area (Å²) >= 11 is 0. The predicted molar refractivity (Wildman–Crippen MR) is 162 cm³/mol. The van der Waals surface area contributed by atoms with Crippen molar-refractivity contribution >= 4 is 34.4 Å². The first kappa shape index (κ1) is 33.9. The number of amides is 2. The molecule has 1 unspecified atom stereocenters. The molecule has 2 aromatic carbocycles. The number of halogens is 5. The number of ether oxygens (including phenoxy) is 1. The van der Waals surface area contributed by atoms with Gasteiger partial charge in [-0.15, -0.1) is 0 Å². The van der Waals surface area contributed by atoms with Crippen molar-refractivity contribution in [1.29, 1.82) is 0 Å². The zero-order valence-corrected chi connectivity index (χ0v) is 26.0. The molecular weight excluding hydrogens is 631 g/mol. The summed E-state index contributed by atoms with van der Waals surface area (Å²) < 4.78 is 78.4. The Morgan fingerprint density at radius 3 is 2.21 bits per heavy atom. The van der Waals surface area contributed by atoms with Gasteiger partial charge in [0.05, 0.1) is 29.9 Å². The Labute approximate surface area is 266 Å². The quantitative estimate of drug-likeness (QED) is 0.244. The third-order valence-electron chi connectivity index (χ3n) is 9.11. The van der Waals surface area contributed by atoms with E-state index >= 15 is 8.78 Å². The molecule has 1 atom stereocenters. The van der Waals surface area contributed by atoms with Crippen molar-refractivity contribution in [3.05, 3.63) is 46.6 Å². The summed E-state index contributed by atoms with van der Waals surface area (Å²) in [6, 6.07) is 4.74. The second-order valence-electron chi connectivity index (χ2n) is 11.9. The van der Waals surface area contributed by atoms with Gasteiger partial charge >= 0.3 is 18.1 Å². The number of hydrogen-bond donors (Lipinski definition) is 3. The van der Waals surface area contributed by atoms with Gasteiger partial charge in [-0.05, 0) is 38.1 Å². The molecule has 2 saturated heterocycles. The van der Waals surface area contributed by atoms with E-state index in [1.807, 2.05) is 21.7 Å². The van der Waals surface area contributed by atoms with Crippen LogP contribution < -0.4 is 16.2 Å². The molecule has 5 N–H and O–H groups in total. The van der Waals surface area contributed by atoms with Crippen LogP contribution in [-0.2, 0) is 24.3 Å². The molecule has 0 aliphatic carbocycles. The molecule has 2 aliphatic rings. The SMILES string of the molecule is COc1c(C(N)=O)cc(C(F)(F)C(F)(F)F)c(-c2c(C(=O)O)n(C)c3c(CN4CCN(C(=O)C5CCCN5C)CC4)cccc23)c1N. The van der Waals surface area contributed by atoms with Crippen LogP contribution in [0.3, 0.4) is 0 Å². The molecule has 47 heavy (non-hydrogen) atoms. The number of para-hydroxylation sites is 1. The van der Waals surface area contributed by atoms with Gasteiger partial charge in [0.15, 0.2) is 5.75 Å². The lowest BCUT2D eigenvalue weighted by molar-refractivity contribution is -0.289. The molecule has 2 aliphatic heterocycles. The zero-order chi connectivity index (χ0) is 34.6. The van der Waals surface area contributed by atoms with Gasteiger partial charge < -0.3 is 30.8 Å². The monoisotopic (exact) mass is 666 g/mol. The van der Waals surface area contributed by atoms with Crippen LogP contribution in [0.25, 0.3) is 22.0 Å². The van der Waals surface area contributed by atoms with E-state index in [1.165, 1.54) is 23.7 Å². The van der Waals surface area contributed by atoms with Crippen LogP contribution in [0.5, 0.6) is 5.75 Å². The number of alkyl halides is 5. The fourth-order valence-electron chi connectivity index (χ4n) is 6.79. The number of primary amides is 1. The molecule has 3 aromatic rings. The predicted octanol–water partition coefficient (Wildman–Crippen LogP) is 3.63. The third kappa shape index (κ3) is 5.73. The Morgan fingerprint density at radius 1 is 1.02 bits per heavy atom. The van der Waals surface area contributed by atoms with Gasteiger partial charge in [0, 0.05) is 61.8 Å². The Bertz CT molecular complexity index is 1750. The Balaban J connectivity index is 1.63. The molecule has 1 aromatic heterocycles. The topological polar surface area (TPSA) is 147 Å². The van der Waals surface area contributed by atoms with Crippen LogP contribution in [0.2, 0.25) is 0 Å². The highest BCUT2D eigenvalue weighted by Gasteiger charge is 2.60. The number of nitrogens with zero attached hydrogens (tertiary/aromatic N) is 4. The van der Waals surface area contributed by atoms with Gasteiger partial charge in [-0.3, -0.25) is 19.4 Å². The van der Waals surface area contributed by atoms with Crippen molar-refractivity contribution in [3.63, 3.8) is 0 Å². The number of methoxy groups -OCH3 is 1. The molecular formula is C31H35F5N6O5. The Morgan fingerprint density at radius 2 is 1.68 bits per heavy atom. The normalized spacial score (nSPS) is 18.2. The minimum absolute atomic E-state index is 0.0419. The molecule has 16 heteroatoms. The minimum atomic E-state index is -6.15. The molecule has 0 saturated carbocycles. The Hall–Kier alpha value is -4.44. The van der Waals surface area contributed by atoms with Crippen LogP contribution in [0.4, 0.5) is 27.6 Å². The van der Waals surface area contributed by atoms with Gasteiger partial charge in [-0.2, -0.15) is 22.0 Å². The van der Waals surface area contributed by atoms with Crippen molar-refractivity contribution in [2.45, 2.75) is 37.5 Å². The number of likely N-dealkylation sites (N-methyl/N-ethyl adjacent to an activating group) is 1. The van der Waals surface area contributed by atoms with E-state index in [-0.39, 0.29) is 35.5 Å². The standard InChI is InChI=1S/C31H35F5N6O5/c1-39-9-5-8-20(39)28(44)42-12-10-41(11-13-42)15-16-6-4-7-17-21(25(29(45)46)40(2)24(16)17)22-19(30(32,33)31(34,35)36)14-18(27(38)43)26(47-3)23(22)37/h4,6-7,14,20H,5,8-13,15,37H2,1-3H3,(H2,38,43)(H,45,46). The van der Waals surface area contributed by atoms with Crippen molar-refractivity contribution in [1.82, 2.24) is 19.3 Å². The lowest BCUT2D eigenvalue weighted by Crippen LogP contribution is -2.52. The second kappa shape index (κ2) is 12.3. The van der Waals surface area contributed by atoms with Crippen LogP contribution in [0.1, 0.15) is 44.8 Å². The molecule has 254 valence electrons. The van der Waals surface area contributed by atoms with E-state index in [0.717, 1.165) is 26.5 Å². The molecule has 0 bridgehead atoms. The molecule has 2 amide bonds. The first-order valence-corrected chi connectivity index (χ1v) is 14.8.